The van der Waals surface area contributed by atoms with Gasteiger partial charge in [0.25, 0.3) is 0 Å². The van der Waals surface area contributed by atoms with Crippen molar-refractivity contribution in [1.82, 2.24) is 15.4 Å². The molecule has 0 spiro atoms. The molecular formula is C15H16N4O. The number of aliphatic hydroxyl groups excluding tert-OH is 1. The van der Waals surface area contributed by atoms with Crippen molar-refractivity contribution in [2.45, 2.75) is 19.6 Å². The Morgan fingerprint density at radius 1 is 1.15 bits per heavy atom. The van der Waals surface area contributed by atoms with E-state index in [1.807, 2.05) is 42.5 Å². The van der Waals surface area contributed by atoms with E-state index in [0.717, 1.165) is 27.8 Å². The third kappa shape index (κ3) is 2.48. The molecule has 0 aliphatic heterocycles. The van der Waals surface area contributed by atoms with Gasteiger partial charge in [-0.15, -0.1) is 0 Å². The number of rotatable bonds is 4. The number of nitrogens with one attached hydrogen (secondary N) is 2. The number of aromatic nitrogens is 3. The fraction of sp³-hybridized carbons (Fsp3) is 0.200. The Hall–Kier alpha value is -2.40. The molecular weight excluding hydrogens is 252 g/mol. The predicted molar refractivity (Wildman–Crippen MR) is 78.3 cm³/mol. The minimum absolute atomic E-state index is 0.0610. The summed E-state index contributed by atoms with van der Waals surface area (Å²) in [5.74, 6) is 0. The van der Waals surface area contributed by atoms with Gasteiger partial charge in [0.05, 0.1) is 6.61 Å². The summed E-state index contributed by atoms with van der Waals surface area (Å²) in [6.45, 7) is 2.15. The van der Waals surface area contributed by atoms with Gasteiger partial charge in [0.15, 0.2) is 0 Å². The zero-order valence-electron chi connectivity index (χ0n) is 11.2. The van der Waals surface area contributed by atoms with E-state index in [2.05, 4.69) is 27.7 Å². The summed E-state index contributed by atoms with van der Waals surface area (Å²) in [5.41, 5.74) is 4.74. The number of hydrogen-bond donors (Lipinski definition) is 3. The molecule has 0 saturated carbocycles. The van der Waals surface area contributed by atoms with E-state index < -0.39 is 0 Å². The van der Waals surface area contributed by atoms with Crippen LogP contribution in [0.5, 0.6) is 0 Å². The molecule has 1 aromatic heterocycles. The minimum atomic E-state index is 0.0610. The van der Waals surface area contributed by atoms with E-state index in [9.17, 15) is 5.11 Å². The molecule has 1 unspecified atom stereocenters. The minimum Gasteiger partial charge on any atom is -0.392 e. The summed E-state index contributed by atoms with van der Waals surface area (Å²) in [7, 11) is 0. The first kappa shape index (κ1) is 12.6. The van der Waals surface area contributed by atoms with Gasteiger partial charge in [0.2, 0.25) is 0 Å². The van der Waals surface area contributed by atoms with Gasteiger partial charge < -0.3 is 10.4 Å². The smallest absolute Gasteiger partial charge is 0.115 e. The molecule has 0 fully saturated rings. The lowest BCUT2D eigenvalue weighted by Gasteiger charge is -2.16. The maximum absolute atomic E-state index is 9.19. The first-order valence-corrected chi connectivity index (χ1v) is 6.53. The largest absolute Gasteiger partial charge is 0.392 e. The van der Waals surface area contributed by atoms with Crippen molar-refractivity contribution in [2.75, 3.05) is 5.32 Å². The summed E-state index contributed by atoms with van der Waals surface area (Å²) in [6.07, 6.45) is 0. The van der Waals surface area contributed by atoms with E-state index in [1.54, 1.807) is 0 Å². The lowest BCUT2D eigenvalue weighted by Crippen LogP contribution is -2.06. The molecule has 0 radical (unpaired) electrons. The fourth-order valence-electron chi connectivity index (χ4n) is 2.22. The number of anilines is 1. The van der Waals surface area contributed by atoms with E-state index in [-0.39, 0.29) is 12.6 Å². The van der Waals surface area contributed by atoms with Crippen molar-refractivity contribution in [3.05, 3.63) is 53.6 Å². The fourth-order valence-corrected chi connectivity index (χ4v) is 2.22. The topological polar surface area (TPSA) is 73.8 Å². The first-order valence-electron chi connectivity index (χ1n) is 6.53. The van der Waals surface area contributed by atoms with Crippen LogP contribution in [0.15, 0.2) is 42.5 Å². The third-order valence-electron chi connectivity index (χ3n) is 3.33. The molecule has 102 valence electrons. The number of aliphatic hydroxyl groups is 1. The monoisotopic (exact) mass is 268 g/mol. The lowest BCUT2D eigenvalue weighted by atomic mass is 10.1. The highest BCUT2D eigenvalue weighted by atomic mass is 16.3. The Balaban J connectivity index is 1.81. The number of benzene rings is 2. The molecule has 0 aliphatic carbocycles. The standard InChI is InChI=1S/C15H16N4O/c1-10(12-4-2-3-11(7-12)9-20)16-13-5-6-14-15(8-13)18-19-17-14/h2-8,10,16,20H,9H2,1H3,(H,17,18,19). The second-order valence-electron chi connectivity index (χ2n) is 4.80. The molecule has 5 nitrogen and oxygen atoms in total. The van der Waals surface area contributed by atoms with Crippen molar-refractivity contribution >= 4 is 16.7 Å². The van der Waals surface area contributed by atoms with Gasteiger partial charge in [-0.3, -0.25) is 0 Å². The van der Waals surface area contributed by atoms with Gasteiger partial charge in [0.1, 0.15) is 11.0 Å². The highest BCUT2D eigenvalue weighted by Crippen LogP contribution is 2.22. The first-order chi connectivity index (χ1) is 9.76. The van der Waals surface area contributed by atoms with E-state index >= 15 is 0 Å². The van der Waals surface area contributed by atoms with Gasteiger partial charge in [-0.25, -0.2) is 0 Å². The number of nitrogens with zero attached hydrogens (tertiary/aromatic N) is 2. The average molecular weight is 268 g/mol. The van der Waals surface area contributed by atoms with Crippen LogP contribution in [0, 0.1) is 0 Å². The van der Waals surface area contributed by atoms with Crippen LogP contribution >= 0.6 is 0 Å². The predicted octanol–water partition coefficient (Wildman–Crippen LogP) is 2.62. The Kier molecular flexibility index (Phi) is 3.35. The van der Waals surface area contributed by atoms with Crippen LogP contribution in [0.2, 0.25) is 0 Å². The molecule has 0 amide bonds. The van der Waals surface area contributed by atoms with Gasteiger partial charge >= 0.3 is 0 Å². The molecule has 3 N–H and O–H groups in total. The second kappa shape index (κ2) is 5.30. The molecule has 1 heterocycles. The summed E-state index contributed by atoms with van der Waals surface area (Å²) in [4.78, 5) is 0. The molecule has 20 heavy (non-hydrogen) atoms. The van der Waals surface area contributed by atoms with E-state index in [0.29, 0.717) is 0 Å². The molecule has 1 atom stereocenters. The molecule has 0 aliphatic rings. The summed E-state index contributed by atoms with van der Waals surface area (Å²) >= 11 is 0. The molecule has 0 saturated heterocycles. The van der Waals surface area contributed by atoms with Gasteiger partial charge in [-0.2, -0.15) is 15.4 Å². The molecule has 3 aromatic rings. The van der Waals surface area contributed by atoms with Gasteiger partial charge in [0, 0.05) is 11.7 Å². The Labute approximate surface area is 116 Å². The second-order valence-corrected chi connectivity index (χ2v) is 4.80. The SMILES string of the molecule is CC(Nc1ccc2n[nH]nc2c1)c1cccc(CO)c1. The van der Waals surface area contributed by atoms with Gasteiger partial charge in [-0.05, 0) is 36.2 Å². The van der Waals surface area contributed by atoms with Crippen molar-refractivity contribution < 1.29 is 5.11 Å². The maximum atomic E-state index is 9.19. The Morgan fingerprint density at radius 3 is 2.85 bits per heavy atom. The summed E-state index contributed by atoms with van der Waals surface area (Å²) in [5, 5.41) is 23.3. The van der Waals surface area contributed by atoms with Crippen LogP contribution < -0.4 is 5.32 Å². The van der Waals surface area contributed by atoms with Crippen LogP contribution in [0.3, 0.4) is 0 Å². The third-order valence-corrected chi connectivity index (χ3v) is 3.33. The number of hydrogen-bond acceptors (Lipinski definition) is 4. The lowest BCUT2D eigenvalue weighted by molar-refractivity contribution is 0.281. The summed E-state index contributed by atoms with van der Waals surface area (Å²) in [6, 6.07) is 13.9. The number of fused-ring (bicyclic) bond motifs is 1. The van der Waals surface area contributed by atoms with Crippen LogP contribution in [-0.4, -0.2) is 20.5 Å². The molecule has 0 bridgehead atoms. The zero-order chi connectivity index (χ0) is 13.9. The highest BCUT2D eigenvalue weighted by Gasteiger charge is 2.07. The van der Waals surface area contributed by atoms with Crippen LogP contribution in [0.4, 0.5) is 5.69 Å². The van der Waals surface area contributed by atoms with Crippen molar-refractivity contribution in [3.8, 4) is 0 Å². The van der Waals surface area contributed by atoms with E-state index in [1.165, 1.54) is 0 Å². The molecule has 5 heteroatoms. The average Bonchev–Trinajstić information content (AvgIpc) is 2.95. The molecule has 2 aromatic carbocycles. The van der Waals surface area contributed by atoms with Crippen LogP contribution in [0.25, 0.3) is 11.0 Å². The van der Waals surface area contributed by atoms with Crippen LogP contribution in [0.1, 0.15) is 24.1 Å². The Bertz CT molecular complexity index is 722. The maximum Gasteiger partial charge on any atom is 0.115 e. The Morgan fingerprint density at radius 2 is 2.00 bits per heavy atom. The zero-order valence-corrected chi connectivity index (χ0v) is 11.2. The number of H-pyrrole nitrogens is 1. The highest BCUT2D eigenvalue weighted by molar-refractivity contribution is 5.78. The van der Waals surface area contributed by atoms with Crippen molar-refractivity contribution in [2.24, 2.45) is 0 Å². The normalized spacial score (nSPS) is 12.5. The molecule has 3 rings (SSSR count). The van der Waals surface area contributed by atoms with Crippen LogP contribution in [-0.2, 0) is 6.61 Å². The number of aromatic amines is 1. The quantitative estimate of drug-likeness (QED) is 0.680. The van der Waals surface area contributed by atoms with Crippen molar-refractivity contribution in [3.63, 3.8) is 0 Å². The summed E-state index contributed by atoms with van der Waals surface area (Å²) < 4.78 is 0. The van der Waals surface area contributed by atoms with E-state index in [4.69, 9.17) is 0 Å². The van der Waals surface area contributed by atoms with Gasteiger partial charge in [-0.1, -0.05) is 24.3 Å². The van der Waals surface area contributed by atoms with Crippen molar-refractivity contribution in [1.29, 1.82) is 0 Å².